The number of benzene rings is 1. The highest BCUT2D eigenvalue weighted by Gasteiger charge is 2.22. The molecule has 1 fully saturated rings. The second kappa shape index (κ2) is 9.44. The summed E-state index contributed by atoms with van der Waals surface area (Å²) in [6.07, 6.45) is 2.93. The molecule has 1 aliphatic heterocycles. The second-order valence-corrected chi connectivity index (χ2v) is 6.98. The Kier molecular flexibility index (Phi) is 6.74. The minimum absolute atomic E-state index is 0.622. The molecule has 1 aromatic heterocycles. The molecule has 0 amide bonds. The van der Waals surface area contributed by atoms with E-state index < -0.39 is 0 Å². The van der Waals surface area contributed by atoms with E-state index in [2.05, 4.69) is 69.9 Å². The molecule has 1 atom stereocenters. The van der Waals surface area contributed by atoms with Crippen LogP contribution in [0.5, 0.6) is 0 Å². The number of hydrogen-bond acceptors (Lipinski definition) is 4. The molecule has 0 aliphatic carbocycles. The van der Waals surface area contributed by atoms with Crippen LogP contribution in [0, 0.1) is 5.92 Å². The van der Waals surface area contributed by atoms with E-state index in [1.165, 1.54) is 17.7 Å². The van der Waals surface area contributed by atoms with Crippen molar-refractivity contribution < 1.29 is 4.52 Å². The Morgan fingerprint density at radius 2 is 2.04 bits per heavy atom. The van der Waals surface area contributed by atoms with Gasteiger partial charge >= 0.3 is 0 Å². The fourth-order valence-corrected chi connectivity index (χ4v) is 3.64. The van der Waals surface area contributed by atoms with Gasteiger partial charge < -0.3 is 20.1 Å². The molecule has 2 heterocycles. The number of anilines is 1. The molecular formula is C21H31N5O. The summed E-state index contributed by atoms with van der Waals surface area (Å²) in [5.74, 6) is 2.42. The van der Waals surface area contributed by atoms with Crippen LogP contribution in [0.2, 0.25) is 0 Å². The Bertz CT molecular complexity index is 719. The van der Waals surface area contributed by atoms with Crippen LogP contribution in [0.15, 0.2) is 39.8 Å². The molecule has 6 nitrogen and oxygen atoms in total. The van der Waals surface area contributed by atoms with E-state index in [1.807, 2.05) is 7.05 Å². The molecule has 0 bridgehead atoms. The Hall–Kier alpha value is -2.50. The predicted molar refractivity (Wildman–Crippen MR) is 110 cm³/mol. The Labute approximate surface area is 162 Å². The smallest absolute Gasteiger partial charge is 0.191 e. The molecule has 0 spiro atoms. The van der Waals surface area contributed by atoms with Crippen molar-refractivity contribution in [3.05, 3.63) is 47.3 Å². The van der Waals surface area contributed by atoms with Crippen LogP contribution in [0.25, 0.3) is 0 Å². The van der Waals surface area contributed by atoms with Gasteiger partial charge in [0.2, 0.25) is 0 Å². The molecule has 27 heavy (non-hydrogen) atoms. The number of nitrogens with one attached hydrogen (secondary N) is 2. The maximum absolute atomic E-state index is 5.44. The van der Waals surface area contributed by atoms with Crippen LogP contribution in [0.3, 0.4) is 0 Å². The highest BCUT2D eigenvalue weighted by molar-refractivity contribution is 5.79. The summed E-state index contributed by atoms with van der Waals surface area (Å²) in [4.78, 5) is 6.83. The number of rotatable bonds is 7. The van der Waals surface area contributed by atoms with Gasteiger partial charge in [0, 0.05) is 50.9 Å². The van der Waals surface area contributed by atoms with Gasteiger partial charge in [-0.2, -0.15) is 0 Å². The zero-order valence-corrected chi connectivity index (χ0v) is 16.7. The standard InChI is InChI=1S/C21H31N5O/c1-4-19-18(20(5-2)27-25-19)14-24-21(22-3)23-13-16-11-12-26(15-16)17-9-7-6-8-10-17/h6-10,16H,4-5,11-15H2,1-3H3,(H2,22,23,24). The van der Waals surface area contributed by atoms with Crippen molar-refractivity contribution >= 4 is 11.6 Å². The maximum Gasteiger partial charge on any atom is 0.191 e. The van der Waals surface area contributed by atoms with Crippen molar-refractivity contribution in [1.29, 1.82) is 0 Å². The number of aliphatic imine (C=N–C) groups is 1. The van der Waals surface area contributed by atoms with Crippen LogP contribution in [-0.2, 0) is 19.4 Å². The maximum atomic E-state index is 5.44. The van der Waals surface area contributed by atoms with E-state index in [4.69, 9.17) is 4.52 Å². The summed E-state index contributed by atoms with van der Waals surface area (Å²) in [7, 11) is 1.81. The number of hydrogen-bond donors (Lipinski definition) is 2. The zero-order chi connectivity index (χ0) is 19.1. The molecule has 2 aromatic rings. The average molecular weight is 370 g/mol. The van der Waals surface area contributed by atoms with Gasteiger partial charge in [0.25, 0.3) is 0 Å². The fraction of sp³-hybridized carbons (Fsp3) is 0.524. The van der Waals surface area contributed by atoms with Crippen LogP contribution < -0.4 is 15.5 Å². The molecular weight excluding hydrogens is 338 g/mol. The van der Waals surface area contributed by atoms with E-state index in [0.29, 0.717) is 12.5 Å². The van der Waals surface area contributed by atoms with Gasteiger partial charge in [0.1, 0.15) is 5.76 Å². The summed E-state index contributed by atoms with van der Waals surface area (Å²) in [5, 5.41) is 11.1. The van der Waals surface area contributed by atoms with Crippen LogP contribution in [0.4, 0.5) is 5.69 Å². The highest BCUT2D eigenvalue weighted by atomic mass is 16.5. The molecule has 6 heteroatoms. The van der Waals surface area contributed by atoms with Crippen LogP contribution >= 0.6 is 0 Å². The van der Waals surface area contributed by atoms with Gasteiger partial charge in [-0.3, -0.25) is 4.99 Å². The molecule has 146 valence electrons. The number of para-hydroxylation sites is 1. The van der Waals surface area contributed by atoms with Crippen molar-refractivity contribution in [3.63, 3.8) is 0 Å². The molecule has 1 aromatic carbocycles. The third kappa shape index (κ3) is 4.81. The van der Waals surface area contributed by atoms with E-state index in [-0.39, 0.29) is 0 Å². The third-order valence-corrected chi connectivity index (χ3v) is 5.23. The van der Waals surface area contributed by atoms with E-state index >= 15 is 0 Å². The number of aromatic nitrogens is 1. The Morgan fingerprint density at radius 3 is 2.74 bits per heavy atom. The molecule has 0 radical (unpaired) electrons. The van der Waals surface area contributed by atoms with Crippen molar-refractivity contribution in [1.82, 2.24) is 15.8 Å². The predicted octanol–water partition coefficient (Wildman–Crippen LogP) is 2.99. The van der Waals surface area contributed by atoms with Gasteiger partial charge in [-0.25, -0.2) is 0 Å². The minimum atomic E-state index is 0.622. The molecule has 0 saturated carbocycles. The largest absolute Gasteiger partial charge is 0.371 e. The fourth-order valence-electron chi connectivity index (χ4n) is 3.64. The van der Waals surface area contributed by atoms with Gasteiger partial charge in [-0.1, -0.05) is 37.2 Å². The lowest BCUT2D eigenvalue weighted by molar-refractivity contribution is 0.380. The quantitative estimate of drug-likeness (QED) is 0.580. The van der Waals surface area contributed by atoms with Gasteiger partial charge in [0.05, 0.1) is 5.69 Å². The third-order valence-electron chi connectivity index (χ3n) is 5.23. The molecule has 1 aliphatic rings. The number of aryl methyl sites for hydroxylation is 2. The summed E-state index contributed by atoms with van der Waals surface area (Å²) in [6.45, 7) is 8.01. The van der Waals surface area contributed by atoms with Crippen molar-refractivity contribution in [3.8, 4) is 0 Å². The second-order valence-electron chi connectivity index (χ2n) is 6.98. The number of nitrogens with zero attached hydrogens (tertiary/aromatic N) is 3. The first-order chi connectivity index (χ1) is 13.2. The van der Waals surface area contributed by atoms with Crippen LogP contribution in [-0.4, -0.2) is 37.8 Å². The SMILES string of the molecule is CCc1noc(CC)c1CNC(=NC)NCC1CCN(c2ccccc2)C1. The monoisotopic (exact) mass is 369 g/mol. The van der Waals surface area contributed by atoms with Gasteiger partial charge in [0.15, 0.2) is 5.96 Å². The molecule has 3 rings (SSSR count). The summed E-state index contributed by atoms with van der Waals surface area (Å²) in [5.41, 5.74) is 3.51. The van der Waals surface area contributed by atoms with Crippen molar-refractivity contribution in [2.45, 2.75) is 39.7 Å². The van der Waals surface area contributed by atoms with Gasteiger partial charge in [-0.05, 0) is 30.9 Å². The topological polar surface area (TPSA) is 65.7 Å². The van der Waals surface area contributed by atoms with E-state index in [9.17, 15) is 0 Å². The molecule has 1 saturated heterocycles. The normalized spacial score (nSPS) is 17.4. The Morgan fingerprint density at radius 1 is 1.22 bits per heavy atom. The highest BCUT2D eigenvalue weighted by Crippen LogP contribution is 2.23. The summed E-state index contributed by atoms with van der Waals surface area (Å²) >= 11 is 0. The average Bonchev–Trinajstić information content (AvgIpc) is 3.35. The summed E-state index contributed by atoms with van der Waals surface area (Å²) < 4.78 is 5.44. The van der Waals surface area contributed by atoms with Crippen LogP contribution in [0.1, 0.15) is 37.3 Å². The lowest BCUT2D eigenvalue weighted by Crippen LogP contribution is -2.40. The molecule has 1 unspecified atom stereocenters. The zero-order valence-electron chi connectivity index (χ0n) is 16.7. The first kappa shape index (κ1) is 19.3. The minimum Gasteiger partial charge on any atom is -0.371 e. The van der Waals surface area contributed by atoms with E-state index in [1.54, 1.807) is 0 Å². The van der Waals surface area contributed by atoms with Crippen molar-refractivity contribution in [2.24, 2.45) is 10.9 Å². The first-order valence-corrected chi connectivity index (χ1v) is 9.95. The van der Waals surface area contributed by atoms with E-state index in [0.717, 1.165) is 49.9 Å². The summed E-state index contributed by atoms with van der Waals surface area (Å²) in [6, 6.07) is 10.6. The Balaban J connectivity index is 1.48. The van der Waals surface area contributed by atoms with Gasteiger partial charge in [-0.15, -0.1) is 0 Å². The lowest BCUT2D eigenvalue weighted by Gasteiger charge is -2.19. The lowest BCUT2D eigenvalue weighted by atomic mass is 10.1. The molecule has 2 N–H and O–H groups in total. The van der Waals surface area contributed by atoms with Crippen molar-refractivity contribution in [2.75, 3.05) is 31.6 Å². The first-order valence-electron chi connectivity index (χ1n) is 9.95. The number of guanidine groups is 1.